The fraction of sp³-hybridized carbons (Fsp3) is 1.00. The predicted molar refractivity (Wildman–Crippen MR) is 85.9 cm³/mol. The van der Waals surface area contributed by atoms with Crippen molar-refractivity contribution in [3.05, 3.63) is 0 Å². The van der Waals surface area contributed by atoms with Gasteiger partial charge in [0.2, 0.25) is 0 Å². The minimum absolute atomic E-state index is 0.398. The molecular formula is C18H35NO. The van der Waals surface area contributed by atoms with Crippen LogP contribution >= 0.6 is 0 Å². The molecule has 2 nitrogen and oxygen atoms in total. The minimum atomic E-state index is 0.398. The van der Waals surface area contributed by atoms with E-state index in [1.54, 1.807) is 0 Å². The molecule has 4 unspecified atom stereocenters. The van der Waals surface area contributed by atoms with E-state index >= 15 is 0 Å². The Morgan fingerprint density at radius 3 is 2.30 bits per heavy atom. The first-order valence-corrected chi connectivity index (χ1v) is 8.53. The normalized spacial score (nSPS) is 40.5. The quantitative estimate of drug-likeness (QED) is 0.828. The van der Waals surface area contributed by atoms with E-state index in [1.165, 1.54) is 38.5 Å². The molecule has 2 aliphatic rings. The second-order valence-electron chi connectivity index (χ2n) is 9.01. The number of ether oxygens (including phenoxy) is 1. The van der Waals surface area contributed by atoms with Crippen LogP contribution in [0.2, 0.25) is 0 Å². The zero-order valence-electron chi connectivity index (χ0n) is 14.5. The van der Waals surface area contributed by atoms with E-state index in [9.17, 15) is 0 Å². The fourth-order valence-corrected chi connectivity index (χ4v) is 4.60. The SMILES string of the molecule is CNC1CCC(C)(C)CC1OC1CC(C)CC(C)(C)C1. The van der Waals surface area contributed by atoms with Gasteiger partial charge in [0.15, 0.2) is 0 Å². The predicted octanol–water partition coefficient (Wildman–Crippen LogP) is 4.38. The zero-order valence-corrected chi connectivity index (χ0v) is 14.5. The average molecular weight is 281 g/mol. The molecule has 2 rings (SSSR count). The molecule has 2 aliphatic carbocycles. The third-order valence-electron chi connectivity index (χ3n) is 5.42. The Kier molecular flexibility index (Phi) is 4.86. The largest absolute Gasteiger partial charge is 0.373 e. The van der Waals surface area contributed by atoms with Gasteiger partial charge in [0.1, 0.15) is 0 Å². The summed E-state index contributed by atoms with van der Waals surface area (Å²) in [6.45, 7) is 12.0. The molecule has 0 amide bonds. The van der Waals surface area contributed by atoms with Gasteiger partial charge < -0.3 is 10.1 Å². The van der Waals surface area contributed by atoms with Crippen LogP contribution in [0.15, 0.2) is 0 Å². The summed E-state index contributed by atoms with van der Waals surface area (Å²) >= 11 is 0. The summed E-state index contributed by atoms with van der Waals surface area (Å²) in [4.78, 5) is 0. The van der Waals surface area contributed by atoms with Crippen molar-refractivity contribution in [1.82, 2.24) is 5.32 Å². The van der Waals surface area contributed by atoms with Crippen molar-refractivity contribution in [2.75, 3.05) is 7.05 Å². The molecule has 0 aromatic heterocycles. The second kappa shape index (κ2) is 5.96. The average Bonchev–Trinajstić information content (AvgIpc) is 2.25. The first kappa shape index (κ1) is 16.3. The lowest BCUT2D eigenvalue weighted by molar-refractivity contribution is -0.103. The summed E-state index contributed by atoms with van der Waals surface area (Å²) in [5, 5.41) is 3.49. The summed E-state index contributed by atoms with van der Waals surface area (Å²) in [6, 6.07) is 0.545. The third-order valence-corrected chi connectivity index (χ3v) is 5.42. The lowest BCUT2D eigenvalue weighted by Gasteiger charge is -2.45. The molecule has 0 heterocycles. The first-order valence-electron chi connectivity index (χ1n) is 8.53. The van der Waals surface area contributed by atoms with Gasteiger partial charge in [-0.25, -0.2) is 0 Å². The standard InChI is InChI=1S/C18H35NO/c1-13-9-14(11-18(4,5)10-13)20-16-12-17(2,3)8-7-15(16)19-6/h13-16,19H,7-12H2,1-6H3. The molecule has 0 aromatic rings. The number of likely N-dealkylation sites (N-methyl/N-ethyl adjacent to an activating group) is 1. The zero-order chi connectivity index (χ0) is 15.0. The van der Waals surface area contributed by atoms with Gasteiger partial charge in [-0.2, -0.15) is 0 Å². The molecule has 118 valence electrons. The Hall–Kier alpha value is -0.0800. The van der Waals surface area contributed by atoms with Crippen molar-refractivity contribution >= 4 is 0 Å². The Balaban J connectivity index is 1.99. The summed E-state index contributed by atoms with van der Waals surface area (Å²) in [5.41, 5.74) is 0.884. The number of nitrogens with one attached hydrogen (secondary N) is 1. The molecule has 0 radical (unpaired) electrons. The molecule has 0 bridgehead atoms. The molecule has 2 saturated carbocycles. The van der Waals surface area contributed by atoms with Gasteiger partial charge in [-0.1, -0.05) is 34.6 Å². The highest BCUT2D eigenvalue weighted by atomic mass is 16.5. The Labute approximate surface area is 126 Å². The van der Waals surface area contributed by atoms with E-state index in [0.717, 1.165) is 5.92 Å². The Morgan fingerprint density at radius 2 is 1.70 bits per heavy atom. The van der Waals surface area contributed by atoms with Gasteiger partial charge in [0, 0.05) is 6.04 Å². The second-order valence-corrected chi connectivity index (χ2v) is 9.01. The van der Waals surface area contributed by atoms with Crippen molar-refractivity contribution < 1.29 is 4.74 Å². The maximum absolute atomic E-state index is 6.61. The van der Waals surface area contributed by atoms with Crippen molar-refractivity contribution in [2.45, 2.75) is 91.4 Å². The van der Waals surface area contributed by atoms with Crippen LogP contribution in [0.3, 0.4) is 0 Å². The van der Waals surface area contributed by atoms with Crippen LogP contribution in [-0.2, 0) is 4.74 Å². The molecule has 0 aromatic carbocycles. The molecule has 1 N–H and O–H groups in total. The van der Waals surface area contributed by atoms with Crippen molar-refractivity contribution in [1.29, 1.82) is 0 Å². The maximum Gasteiger partial charge on any atom is 0.0736 e. The van der Waals surface area contributed by atoms with Gasteiger partial charge in [-0.15, -0.1) is 0 Å². The summed E-state index contributed by atoms with van der Waals surface area (Å²) in [7, 11) is 2.09. The van der Waals surface area contributed by atoms with Gasteiger partial charge in [-0.05, 0) is 62.3 Å². The van der Waals surface area contributed by atoms with Crippen LogP contribution in [0.25, 0.3) is 0 Å². The van der Waals surface area contributed by atoms with E-state index in [-0.39, 0.29) is 0 Å². The molecule has 0 spiro atoms. The molecule has 0 aliphatic heterocycles. The molecule has 4 atom stereocenters. The summed E-state index contributed by atoms with van der Waals surface area (Å²) in [5.74, 6) is 0.799. The highest BCUT2D eigenvalue weighted by Crippen LogP contribution is 2.42. The van der Waals surface area contributed by atoms with Crippen molar-refractivity contribution in [3.8, 4) is 0 Å². The van der Waals surface area contributed by atoms with Crippen molar-refractivity contribution in [2.24, 2.45) is 16.7 Å². The lowest BCUT2D eigenvalue weighted by Crippen LogP contribution is -2.48. The fourth-order valence-electron chi connectivity index (χ4n) is 4.60. The van der Waals surface area contributed by atoms with Crippen LogP contribution in [0.1, 0.15) is 73.1 Å². The van der Waals surface area contributed by atoms with Crippen LogP contribution in [0, 0.1) is 16.7 Å². The first-order chi connectivity index (χ1) is 9.21. The van der Waals surface area contributed by atoms with E-state index in [4.69, 9.17) is 4.74 Å². The minimum Gasteiger partial charge on any atom is -0.373 e. The summed E-state index contributed by atoms with van der Waals surface area (Å²) < 4.78 is 6.61. The monoisotopic (exact) mass is 281 g/mol. The Morgan fingerprint density at radius 1 is 1.00 bits per heavy atom. The smallest absolute Gasteiger partial charge is 0.0736 e. The molecule has 2 heteroatoms. The lowest BCUT2D eigenvalue weighted by atomic mass is 9.71. The number of hydrogen-bond donors (Lipinski definition) is 1. The van der Waals surface area contributed by atoms with Crippen molar-refractivity contribution in [3.63, 3.8) is 0 Å². The highest BCUT2D eigenvalue weighted by molar-refractivity contribution is 4.91. The highest BCUT2D eigenvalue weighted by Gasteiger charge is 2.39. The topological polar surface area (TPSA) is 21.3 Å². The molecular weight excluding hydrogens is 246 g/mol. The van der Waals surface area contributed by atoms with E-state index in [2.05, 4.69) is 47.0 Å². The van der Waals surface area contributed by atoms with Gasteiger partial charge in [-0.3, -0.25) is 0 Å². The Bertz CT molecular complexity index is 323. The van der Waals surface area contributed by atoms with Gasteiger partial charge in [0.05, 0.1) is 12.2 Å². The number of rotatable bonds is 3. The maximum atomic E-state index is 6.61. The van der Waals surface area contributed by atoms with Crippen LogP contribution in [-0.4, -0.2) is 25.3 Å². The van der Waals surface area contributed by atoms with Crippen LogP contribution in [0.4, 0.5) is 0 Å². The van der Waals surface area contributed by atoms with Gasteiger partial charge in [0.25, 0.3) is 0 Å². The summed E-state index contributed by atoms with van der Waals surface area (Å²) in [6.07, 6.45) is 8.44. The molecule has 20 heavy (non-hydrogen) atoms. The van der Waals surface area contributed by atoms with Gasteiger partial charge >= 0.3 is 0 Å². The van der Waals surface area contributed by atoms with E-state index in [0.29, 0.717) is 29.1 Å². The number of hydrogen-bond acceptors (Lipinski definition) is 2. The third kappa shape index (κ3) is 4.21. The molecule has 0 saturated heterocycles. The van der Waals surface area contributed by atoms with Crippen LogP contribution < -0.4 is 5.32 Å². The van der Waals surface area contributed by atoms with E-state index in [1.807, 2.05) is 0 Å². The van der Waals surface area contributed by atoms with Crippen LogP contribution in [0.5, 0.6) is 0 Å². The van der Waals surface area contributed by atoms with E-state index < -0.39 is 0 Å². The molecule has 2 fully saturated rings.